The van der Waals surface area contributed by atoms with Crippen LogP contribution in [0.5, 0.6) is 0 Å². The maximum absolute atomic E-state index is 2.56. The zero-order valence-electron chi connectivity index (χ0n) is 26.0. The zero-order valence-corrected chi connectivity index (χ0v) is 28.4. The molecule has 0 aromatic heterocycles. The van der Waals surface area contributed by atoms with Gasteiger partial charge in [0.25, 0.3) is 0 Å². The van der Waals surface area contributed by atoms with Gasteiger partial charge in [0.2, 0.25) is 0 Å². The summed E-state index contributed by atoms with van der Waals surface area (Å²) in [5.74, 6) is 0. The molecule has 0 amide bonds. The number of benzene rings is 3. The number of rotatable bonds is 9. The van der Waals surface area contributed by atoms with Crippen LogP contribution in [0.1, 0.15) is 83.4 Å². The van der Waals surface area contributed by atoms with E-state index in [4.69, 9.17) is 0 Å². The molecular weight excluding hydrogens is 584 g/mol. The van der Waals surface area contributed by atoms with Crippen LogP contribution in [-0.4, -0.2) is 3.21 Å². The quantitative estimate of drug-likeness (QED) is 0.222. The first-order valence-electron chi connectivity index (χ1n) is 16.1. The van der Waals surface area contributed by atoms with E-state index in [1.54, 1.807) is 39.9 Å². The predicted molar refractivity (Wildman–Crippen MR) is 177 cm³/mol. The van der Waals surface area contributed by atoms with Crippen molar-refractivity contribution in [3.8, 4) is 0 Å². The van der Waals surface area contributed by atoms with Crippen molar-refractivity contribution >= 4 is 12.1 Å². The molecule has 6 rings (SSSR count). The summed E-state index contributed by atoms with van der Waals surface area (Å²) in [4.78, 5) is 0. The second kappa shape index (κ2) is 12.4. The molecule has 0 N–H and O–H groups in total. The van der Waals surface area contributed by atoms with Crippen LogP contribution in [0.25, 0.3) is 8.85 Å². The average molecular weight is 627 g/mol. The standard InChI is InChI=1S/C28H33.C13H10.Zr/c1-6-19-15-16-23-21(17-19)18-24-26(23)22(7-2)25(8-3)28(9-4,10-5)27(24)20-13-11-12-14-20;1-3-7-12(8-4-1)11-13-9-5-2-6-10-13;/h11-13,15-17H,6-10,14H2,1-5H3;1-10H;. The predicted octanol–water partition coefficient (Wildman–Crippen LogP) is 8.99. The molecule has 3 aromatic rings. The van der Waals surface area contributed by atoms with Gasteiger partial charge in [0.1, 0.15) is 0 Å². The third-order valence-electron chi connectivity index (χ3n) is 9.88. The Bertz CT molecular complexity index is 1740. The summed E-state index contributed by atoms with van der Waals surface area (Å²) in [6.45, 7) is 12.0. The van der Waals surface area contributed by atoms with Gasteiger partial charge in [0.05, 0.1) is 0 Å². The minimum absolute atomic E-state index is 0.0940. The Morgan fingerprint density at radius 3 is 1.90 bits per heavy atom. The van der Waals surface area contributed by atoms with E-state index in [1.165, 1.54) is 27.1 Å². The molecule has 3 aromatic carbocycles. The van der Waals surface area contributed by atoms with Gasteiger partial charge < -0.3 is 0 Å². The van der Waals surface area contributed by atoms with Gasteiger partial charge in [-0.05, 0) is 0 Å². The topological polar surface area (TPSA) is 0 Å². The van der Waals surface area contributed by atoms with Gasteiger partial charge in [-0.25, -0.2) is 0 Å². The van der Waals surface area contributed by atoms with Crippen molar-refractivity contribution < 1.29 is 22.8 Å². The molecule has 0 bridgehead atoms. The molecule has 0 saturated carbocycles. The molecule has 0 fully saturated rings. The second-order valence-corrected chi connectivity index (χ2v) is 14.8. The number of aryl methyl sites for hydroxylation is 1. The molecule has 211 valence electrons. The average Bonchev–Trinajstić information content (AvgIpc) is 3.69. The van der Waals surface area contributed by atoms with Crippen molar-refractivity contribution in [2.24, 2.45) is 5.41 Å². The van der Waals surface area contributed by atoms with Gasteiger partial charge in [-0.1, -0.05) is 0 Å². The normalized spacial score (nSPS) is 16.9. The molecule has 0 nitrogen and oxygen atoms in total. The van der Waals surface area contributed by atoms with Crippen molar-refractivity contribution in [1.29, 1.82) is 0 Å². The van der Waals surface area contributed by atoms with Gasteiger partial charge in [-0.15, -0.1) is 0 Å². The van der Waals surface area contributed by atoms with Crippen LogP contribution in [0, 0.1) is 5.41 Å². The first kappa shape index (κ1) is 29.2. The fourth-order valence-corrected chi connectivity index (χ4v) is 11.8. The van der Waals surface area contributed by atoms with E-state index >= 15 is 0 Å². The molecule has 0 spiro atoms. The molecule has 0 radical (unpaired) electrons. The van der Waals surface area contributed by atoms with Gasteiger partial charge in [-0.3, -0.25) is 0 Å². The first-order valence-corrected chi connectivity index (χ1v) is 18.5. The fraction of sp³-hybridized carbons (Fsp3) is 0.293. The molecule has 0 aliphatic heterocycles. The van der Waals surface area contributed by atoms with Crippen LogP contribution in [0.3, 0.4) is 0 Å². The number of allylic oxidation sites excluding steroid dienone is 8. The summed E-state index contributed by atoms with van der Waals surface area (Å²) in [7, 11) is 0. The summed E-state index contributed by atoms with van der Waals surface area (Å²) >= 11 is -1.29. The molecule has 0 heterocycles. The van der Waals surface area contributed by atoms with Gasteiger partial charge >= 0.3 is 265 Å². The Kier molecular flexibility index (Phi) is 8.61. The monoisotopic (exact) mass is 625 g/mol. The maximum atomic E-state index is 2.56. The van der Waals surface area contributed by atoms with Crippen LogP contribution < -0.4 is 10.4 Å². The Labute approximate surface area is 264 Å². The number of fused-ring (bicyclic) bond motifs is 2. The molecule has 42 heavy (non-hydrogen) atoms. The van der Waals surface area contributed by atoms with E-state index in [0.29, 0.717) is 0 Å². The Morgan fingerprint density at radius 1 is 0.714 bits per heavy atom. The Morgan fingerprint density at radius 2 is 1.38 bits per heavy atom. The molecule has 3 aliphatic rings. The summed E-state index contributed by atoms with van der Waals surface area (Å²) < 4.78 is 3.27. The van der Waals surface area contributed by atoms with Crippen LogP contribution in [0.4, 0.5) is 0 Å². The van der Waals surface area contributed by atoms with Crippen molar-refractivity contribution in [2.75, 3.05) is 0 Å². The number of hydrogen-bond donors (Lipinski definition) is 0. The Hall–Kier alpha value is -2.89. The fourth-order valence-electron chi connectivity index (χ4n) is 7.87. The first-order chi connectivity index (χ1) is 20.6. The summed E-state index contributed by atoms with van der Waals surface area (Å²) in [6.07, 6.45) is 13.7. The summed E-state index contributed by atoms with van der Waals surface area (Å²) in [6, 6.07) is 29.9. The molecule has 0 unspecified atom stereocenters. The molecule has 1 heteroatoms. The summed E-state index contributed by atoms with van der Waals surface area (Å²) in [5, 5.41) is 3.02. The van der Waals surface area contributed by atoms with Crippen LogP contribution in [0.2, 0.25) is 0 Å². The van der Waals surface area contributed by atoms with E-state index in [1.807, 2.05) is 0 Å². The van der Waals surface area contributed by atoms with Crippen molar-refractivity contribution in [3.63, 3.8) is 0 Å². The second-order valence-electron chi connectivity index (χ2n) is 11.7. The van der Waals surface area contributed by atoms with E-state index in [9.17, 15) is 0 Å². The molecule has 0 saturated heterocycles. The third-order valence-corrected chi connectivity index (χ3v) is 13.8. The third kappa shape index (κ3) is 4.73. The molecule has 3 aliphatic carbocycles. The molecule has 0 atom stereocenters. The minimum atomic E-state index is -1.29. The van der Waals surface area contributed by atoms with Gasteiger partial charge in [0.15, 0.2) is 0 Å². The zero-order chi connectivity index (χ0) is 29.3. The van der Waals surface area contributed by atoms with E-state index in [2.05, 4.69) is 132 Å². The van der Waals surface area contributed by atoms with Crippen LogP contribution >= 0.6 is 0 Å². The summed E-state index contributed by atoms with van der Waals surface area (Å²) in [5.41, 5.74) is 14.1. The Balaban J connectivity index is 1.82. The van der Waals surface area contributed by atoms with Crippen molar-refractivity contribution in [3.05, 3.63) is 152 Å². The van der Waals surface area contributed by atoms with E-state index in [0.717, 1.165) is 38.5 Å². The van der Waals surface area contributed by atoms with Crippen LogP contribution in [-0.2, 0) is 29.2 Å². The SMILES string of the molecule is CCC1=C(CC)C(CC)(CC)C(C2=CC=CC2)=C2[C]([Zr]=[C](c3ccccc3)c3ccccc3)=c3cc(CC)ccc3=C12. The number of hydrogen-bond acceptors (Lipinski definition) is 0. The van der Waals surface area contributed by atoms with Crippen molar-refractivity contribution in [1.82, 2.24) is 0 Å². The van der Waals surface area contributed by atoms with Crippen molar-refractivity contribution in [2.45, 2.75) is 73.1 Å². The molecular formula is C41H43Zr. The van der Waals surface area contributed by atoms with E-state index in [-0.39, 0.29) is 5.41 Å². The van der Waals surface area contributed by atoms with Gasteiger partial charge in [0, 0.05) is 0 Å². The van der Waals surface area contributed by atoms with E-state index < -0.39 is 22.8 Å². The van der Waals surface area contributed by atoms with Gasteiger partial charge in [-0.2, -0.15) is 0 Å². The van der Waals surface area contributed by atoms with Crippen LogP contribution in [0.15, 0.2) is 125 Å².